The van der Waals surface area contributed by atoms with Gasteiger partial charge in [0.05, 0.1) is 25.9 Å². The van der Waals surface area contributed by atoms with Crippen LogP contribution in [-0.2, 0) is 9.47 Å². The largest absolute Gasteiger partial charge is 0.387 e. The minimum Gasteiger partial charge on any atom is -0.387 e. The molecule has 0 bridgehead atoms. The molecule has 0 radical (unpaired) electrons. The van der Waals surface area contributed by atoms with Gasteiger partial charge in [0.25, 0.3) is 0 Å². The molecule has 0 aliphatic heterocycles. The summed E-state index contributed by atoms with van der Waals surface area (Å²) in [7, 11) is 1.65. The number of rotatable bonds is 9. The third-order valence-corrected chi connectivity index (χ3v) is 2.92. The molecule has 0 aliphatic rings. The first-order chi connectivity index (χ1) is 8.74. The minimum atomic E-state index is -0.499. The summed E-state index contributed by atoms with van der Waals surface area (Å²) in [5.41, 5.74) is 0.900. The van der Waals surface area contributed by atoms with E-state index in [-0.39, 0.29) is 0 Å². The number of hydrogen-bond acceptors (Lipinski definition) is 4. The highest BCUT2D eigenvalue weighted by molar-refractivity contribution is 9.10. The average Bonchev–Trinajstić information content (AvgIpc) is 2.37. The third-order valence-electron chi connectivity index (χ3n) is 2.43. The van der Waals surface area contributed by atoms with Crippen molar-refractivity contribution in [2.75, 3.05) is 40.0 Å². The molecule has 1 aromatic carbocycles. The topological polar surface area (TPSA) is 50.7 Å². The quantitative estimate of drug-likeness (QED) is 0.681. The molecule has 0 aromatic heterocycles. The van der Waals surface area contributed by atoms with Crippen LogP contribution in [0.4, 0.5) is 0 Å². The monoisotopic (exact) mass is 317 g/mol. The second-order valence-corrected chi connectivity index (χ2v) is 4.80. The Labute approximate surface area is 116 Å². The Bertz CT molecular complexity index is 336. The summed E-state index contributed by atoms with van der Waals surface area (Å²) in [6, 6.07) is 7.68. The highest BCUT2D eigenvalue weighted by Crippen LogP contribution is 2.17. The van der Waals surface area contributed by atoms with Crippen LogP contribution in [0, 0.1) is 0 Å². The van der Waals surface area contributed by atoms with E-state index >= 15 is 0 Å². The van der Waals surface area contributed by atoms with Gasteiger partial charge < -0.3 is 19.9 Å². The van der Waals surface area contributed by atoms with Crippen LogP contribution in [0.2, 0.25) is 0 Å². The highest BCUT2D eigenvalue weighted by atomic mass is 79.9. The molecule has 1 aromatic rings. The van der Waals surface area contributed by atoms with Crippen molar-refractivity contribution in [1.82, 2.24) is 5.32 Å². The summed E-state index contributed by atoms with van der Waals surface area (Å²) in [5, 5.41) is 13.1. The summed E-state index contributed by atoms with van der Waals surface area (Å²) >= 11 is 3.38. The predicted octanol–water partition coefficient (Wildman–Crippen LogP) is 1.74. The van der Waals surface area contributed by atoms with Gasteiger partial charge in [0.2, 0.25) is 0 Å². The van der Waals surface area contributed by atoms with E-state index in [0.29, 0.717) is 26.4 Å². The summed E-state index contributed by atoms with van der Waals surface area (Å²) in [6.45, 7) is 3.07. The van der Waals surface area contributed by atoms with Crippen molar-refractivity contribution in [1.29, 1.82) is 0 Å². The smallest absolute Gasteiger partial charge is 0.0914 e. The van der Waals surface area contributed by atoms with Gasteiger partial charge >= 0.3 is 0 Å². The first-order valence-corrected chi connectivity index (χ1v) is 6.74. The van der Waals surface area contributed by atoms with Crippen LogP contribution >= 0.6 is 15.9 Å². The van der Waals surface area contributed by atoms with Crippen molar-refractivity contribution in [3.63, 3.8) is 0 Å². The van der Waals surface area contributed by atoms with Gasteiger partial charge in [-0.1, -0.05) is 28.1 Å². The molecule has 0 fully saturated rings. The molecular formula is C13H20BrNO3. The van der Waals surface area contributed by atoms with Gasteiger partial charge in [0, 0.05) is 24.7 Å². The maximum atomic E-state index is 9.94. The van der Waals surface area contributed by atoms with Gasteiger partial charge in [0.1, 0.15) is 0 Å². The Hall–Kier alpha value is -0.460. The molecule has 1 unspecified atom stereocenters. The van der Waals surface area contributed by atoms with Gasteiger partial charge in [-0.25, -0.2) is 0 Å². The van der Waals surface area contributed by atoms with E-state index in [1.807, 2.05) is 24.3 Å². The van der Waals surface area contributed by atoms with Crippen molar-refractivity contribution in [2.45, 2.75) is 6.10 Å². The fraction of sp³-hybridized carbons (Fsp3) is 0.538. The van der Waals surface area contributed by atoms with Gasteiger partial charge in [-0.15, -0.1) is 0 Å². The summed E-state index contributed by atoms with van der Waals surface area (Å²) in [4.78, 5) is 0. The van der Waals surface area contributed by atoms with Crippen LogP contribution < -0.4 is 5.32 Å². The Morgan fingerprint density at radius 1 is 1.33 bits per heavy atom. The zero-order valence-corrected chi connectivity index (χ0v) is 12.1. The third kappa shape index (κ3) is 6.47. The molecule has 0 heterocycles. The lowest BCUT2D eigenvalue weighted by molar-refractivity contribution is 0.0703. The molecule has 1 rings (SSSR count). The van der Waals surface area contributed by atoms with Crippen molar-refractivity contribution in [3.05, 3.63) is 34.3 Å². The van der Waals surface area contributed by atoms with Crippen molar-refractivity contribution in [3.8, 4) is 0 Å². The lowest BCUT2D eigenvalue weighted by Crippen LogP contribution is -2.25. The van der Waals surface area contributed by atoms with Crippen LogP contribution in [0.15, 0.2) is 28.7 Å². The van der Waals surface area contributed by atoms with E-state index < -0.39 is 6.10 Å². The zero-order valence-electron chi connectivity index (χ0n) is 10.6. The lowest BCUT2D eigenvalue weighted by atomic mass is 10.1. The Balaban J connectivity index is 2.12. The second-order valence-electron chi connectivity index (χ2n) is 3.88. The molecule has 2 N–H and O–H groups in total. The van der Waals surface area contributed by atoms with Gasteiger partial charge in [-0.3, -0.25) is 0 Å². The molecule has 18 heavy (non-hydrogen) atoms. The van der Waals surface area contributed by atoms with E-state index in [0.717, 1.165) is 16.6 Å². The molecule has 102 valence electrons. The Morgan fingerprint density at radius 3 is 2.89 bits per heavy atom. The normalized spacial score (nSPS) is 12.6. The molecule has 0 amide bonds. The molecule has 5 heteroatoms. The van der Waals surface area contributed by atoms with E-state index in [4.69, 9.17) is 9.47 Å². The van der Waals surface area contributed by atoms with E-state index in [1.165, 1.54) is 0 Å². The number of ether oxygens (including phenoxy) is 2. The standard InChI is InChI=1S/C13H20BrNO3/c1-17-7-8-18-6-5-15-10-13(16)11-3-2-4-12(14)9-11/h2-4,9,13,15-16H,5-8,10H2,1H3. The number of aliphatic hydroxyl groups is 1. The second kappa shape index (κ2) is 9.47. The van der Waals surface area contributed by atoms with E-state index in [2.05, 4.69) is 21.2 Å². The minimum absolute atomic E-state index is 0.499. The number of halogens is 1. The summed E-state index contributed by atoms with van der Waals surface area (Å²) in [5.74, 6) is 0. The van der Waals surface area contributed by atoms with E-state index in [9.17, 15) is 5.11 Å². The van der Waals surface area contributed by atoms with Crippen molar-refractivity contribution in [2.24, 2.45) is 0 Å². The van der Waals surface area contributed by atoms with Crippen LogP contribution in [0.5, 0.6) is 0 Å². The molecule has 1 atom stereocenters. The predicted molar refractivity (Wildman–Crippen MR) is 74.7 cm³/mol. The maximum Gasteiger partial charge on any atom is 0.0914 e. The van der Waals surface area contributed by atoms with Crippen LogP contribution in [-0.4, -0.2) is 45.1 Å². The number of benzene rings is 1. The lowest BCUT2D eigenvalue weighted by Gasteiger charge is -2.12. The van der Waals surface area contributed by atoms with Gasteiger partial charge in [0.15, 0.2) is 0 Å². The Kier molecular flexibility index (Phi) is 8.20. The van der Waals surface area contributed by atoms with Crippen molar-refractivity contribution < 1.29 is 14.6 Å². The number of nitrogens with one attached hydrogen (secondary N) is 1. The first kappa shape index (κ1) is 15.6. The van der Waals surface area contributed by atoms with E-state index in [1.54, 1.807) is 7.11 Å². The van der Waals surface area contributed by atoms with Crippen LogP contribution in [0.1, 0.15) is 11.7 Å². The molecule has 0 saturated heterocycles. The molecule has 0 aliphatic carbocycles. The summed E-state index contributed by atoms with van der Waals surface area (Å²) in [6.07, 6.45) is -0.499. The first-order valence-electron chi connectivity index (χ1n) is 5.95. The number of aliphatic hydroxyl groups excluding tert-OH is 1. The summed E-state index contributed by atoms with van der Waals surface area (Å²) < 4.78 is 11.1. The fourth-order valence-electron chi connectivity index (χ4n) is 1.46. The Morgan fingerprint density at radius 2 is 2.17 bits per heavy atom. The average molecular weight is 318 g/mol. The van der Waals surface area contributed by atoms with Gasteiger partial charge in [-0.2, -0.15) is 0 Å². The highest BCUT2D eigenvalue weighted by Gasteiger charge is 2.06. The molecule has 0 spiro atoms. The van der Waals surface area contributed by atoms with Crippen LogP contribution in [0.3, 0.4) is 0 Å². The number of hydrogen-bond donors (Lipinski definition) is 2. The molecule has 4 nitrogen and oxygen atoms in total. The molecule has 0 saturated carbocycles. The zero-order chi connectivity index (χ0) is 13.2. The van der Waals surface area contributed by atoms with Crippen LogP contribution in [0.25, 0.3) is 0 Å². The molecular weight excluding hydrogens is 298 g/mol. The maximum absolute atomic E-state index is 9.94. The fourth-order valence-corrected chi connectivity index (χ4v) is 1.88. The van der Waals surface area contributed by atoms with Crippen molar-refractivity contribution >= 4 is 15.9 Å². The number of methoxy groups -OCH3 is 1. The SMILES string of the molecule is COCCOCCNCC(O)c1cccc(Br)c1. The van der Waals surface area contributed by atoms with Gasteiger partial charge in [-0.05, 0) is 17.7 Å².